The fraction of sp³-hybridized carbons (Fsp3) is 0.333. The maximum Gasteiger partial charge on any atom is 0.236 e. The summed E-state index contributed by atoms with van der Waals surface area (Å²) in [7, 11) is 0. The van der Waals surface area contributed by atoms with Crippen molar-refractivity contribution in [2.24, 2.45) is 5.73 Å². The van der Waals surface area contributed by atoms with Crippen molar-refractivity contribution in [1.82, 2.24) is 24.5 Å². The molecule has 2 saturated heterocycles. The second-order valence-electron chi connectivity index (χ2n) is 9.46. The van der Waals surface area contributed by atoms with Gasteiger partial charge in [-0.05, 0) is 54.8 Å². The molecule has 1 atom stereocenters. The van der Waals surface area contributed by atoms with Crippen molar-refractivity contribution in [2.75, 3.05) is 49.1 Å². The van der Waals surface area contributed by atoms with Crippen LogP contribution in [0.1, 0.15) is 24.4 Å². The smallest absolute Gasteiger partial charge is 0.236 e. The Hall–Kier alpha value is -4.05. The fourth-order valence-corrected chi connectivity index (χ4v) is 5.35. The third-order valence-corrected chi connectivity index (χ3v) is 7.26. The third kappa shape index (κ3) is 4.48. The molecule has 37 heavy (non-hydrogen) atoms. The Kier molecular flexibility index (Phi) is 6.17. The molecule has 2 fully saturated rings. The molecule has 6 rings (SSSR count). The van der Waals surface area contributed by atoms with Gasteiger partial charge in [0.15, 0.2) is 5.65 Å². The summed E-state index contributed by atoms with van der Waals surface area (Å²) >= 11 is 0. The number of carbonyl (C=O) groups is 1. The topological polar surface area (TPSA) is 95.9 Å². The maximum atomic E-state index is 13.9. The number of piperazine rings is 1. The minimum Gasteiger partial charge on any atom is -0.353 e. The van der Waals surface area contributed by atoms with Crippen LogP contribution < -0.4 is 15.5 Å². The average Bonchev–Trinajstić information content (AvgIpc) is 3.60. The molecule has 1 amide bonds. The van der Waals surface area contributed by atoms with Crippen molar-refractivity contribution >= 4 is 23.2 Å². The molecule has 0 saturated carbocycles. The predicted molar refractivity (Wildman–Crippen MR) is 140 cm³/mol. The fourth-order valence-electron chi connectivity index (χ4n) is 5.35. The van der Waals surface area contributed by atoms with Gasteiger partial charge in [0.2, 0.25) is 5.91 Å². The highest BCUT2D eigenvalue weighted by Crippen LogP contribution is 2.35. The van der Waals surface area contributed by atoms with Crippen molar-refractivity contribution < 1.29 is 9.18 Å². The number of nitrogens with two attached hydrogens (primary N) is 1. The largest absolute Gasteiger partial charge is 0.353 e. The van der Waals surface area contributed by atoms with Gasteiger partial charge >= 0.3 is 0 Å². The molecule has 9 nitrogen and oxygen atoms in total. The number of hydrogen-bond acceptors (Lipinski definition) is 7. The van der Waals surface area contributed by atoms with Crippen molar-refractivity contribution in [1.29, 1.82) is 0 Å². The Labute approximate surface area is 214 Å². The molecule has 2 aliphatic rings. The second-order valence-corrected chi connectivity index (χ2v) is 9.46. The number of benzene rings is 1. The first-order valence-electron chi connectivity index (χ1n) is 12.7. The lowest BCUT2D eigenvalue weighted by molar-refractivity contribution is -0.129. The van der Waals surface area contributed by atoms with E-state index in [2.05, 4.69) is 14.8 Å². The number of anilines is 2. The highest BCUT2D eigenvalue weighted by Gasteiger charge is 2.28. The van der Waals surface area contributed by atoms with Crippen LogP contribution in [0.4, 0.5) is 16.0 Å². The van der Waals surface area contributed by atoms with E-state index < -0.39 is 0 Å². The summed E-state index contributed by atoms with van der Waals surface area (Å²) in [6.07, 6.45) is 3.77. The molecule has 2 aliphatic heterocycles. The van der Waals surface area contributed by atoms with E-state index in [-0.39, 0.29) is 24.3 Å². The van der Waals surface area contributed by atoms with Gasteiger partial charge in [0, 0.05) is 32.7 Å². The Bertz CT molecular complexity index is 1430. The lowest BCUT2D eigenvalue weighted by Gasteiger charge is -2.35. The van der Waals surface area contributed by atoms with Gasteiger partial charge in [0.05, 0.1) is 24.5 Å². The molecule has 1 aromatic carbocycles. The zero-order chi connectivity index (χ0) is 25.4. The number of fused-ring (bicyclic) bond motifs is 1. The molecule has 2 N–H and O–H groups in total. The molecule has 0 radical (unpaired) electrons. The van der Waals surface area contributed by atoms with Crippen molar-refractivity contribution in [2.45, 2.75) is 18.9 Å². The Balaban J connectivity index is 1.28. The minimum atomic E-state index is -0.219. The lowest BCUT2D eigenvalue weighted by Crippen LogP contribution is -2.50. The van der Waals surface area contributed by atoms with E-state index in [1.54, 1.807) is 23.2 Å². The summed E-state index contributed by atoms with van der Waals surface area (Å²) in [6, 6.07) is 16.8. The third-order valence-electron chi connectivity index (χ3n) is 7.26. The average molecular weight is 501 g/mol. The first-order valence-corrected chi connectivity index (χ1v) is 12.7. The van der Waals surface area contributed by atoms with Crippen molar-refractivity contribution in [3.8, 4) is 11.4 Å². The molecule has 190 valence electrons. The number of rotatable bonds is 5. The number of nitrogens with zero attached hydrogens (tertiary/aromatic N) is 7. The van der Waals surface area contributed by atoms with Crippen molar-refractivity contribution in [3.05, 3.63) is 72.2 Å². The Morgan fingerprint density at radius 3 is 2.65 bits per heavy atom. The minimum absolute atomic E-state index is 0.0217. The van der Waals surface area contributed by atoms with Crippen LogP contribution in [0.5, 0.6) is 0 Å². The summed E-state index contributed by atoms with van der Waals surface area (Å²) in [5.41, 5.74) is 8.79. The van der Waals surface area contributed by atoms with Gasteiger partial charge in [-0.2, -0.15) is 0 Å². The van der Waals surface area contributed by atoms with Crippen LogP contribution in [0.15, 0.2) is 60.8 Å². The van der Waals surface area contributed by atoms with Crippen molar-refractivity contribution in [3.63, 3.8) is 0 Å². The van der Waals surface area contributed by atoms with Gasteiger partial charge in [-0.15, -0.1) is 5.10 Å². The van der Waals surface area contributed by atoms with E-state index in [1.165, 1.54) is 6.07 Å². The zero-order valence-corrected chi connectivity index (χ0v) is 20.5. The molecular formula is C27H29FN8O. The maximum absolute atomic E-state index is 13.9. The molecule has 0 spiro atoms. The highest BCUT2D eigenvalue weighted by atomic mass is 19.1. The van der Waals surface area contributed by atoms with E-state index >= 15 is 0 Å². The van der Waals surface area contributed by atoms with E-state index in [0.717, 1.165) is 53.6 Å². The van der Waals surface area contributed by atoms with Crippen LogP contribution in [0.3, 0.4) is 0 Å². The summed E-state index contributed by atoms with van der Waals surface area (Å²) in [6.45, 7) is 3.56. The van der Waals surface area contributed by atoms with Gasteiger partial charge in [-0.1, -0.05) is 18.2 Å². The van der Waals surface area contributed by atoms with Crippen LogP contribution in [0, 0.1) is 5.82 Å². The molecule has 0 bridgehead atoms. The molecule has 0 aliphatic carbocycles. The molecule has 10 heteroatoms. The number of hydrogen-bond donors (Lipinski definition) is 1. The van der Waals surface area contributed by atoms with E-state index in [4.69, 9.17) is 15.8 Å². The quantitative estimate of drug-likeness (QED) is 0.450. The second kappa shape index (κ2) is 9.78. The Morgan fingerprint density at radius 1 is 1.00 bits per heavy atom. The number of carbonyl (C=O) groups excluding carboxylic acids is 1. The van der Waals surface area contributed by atoms with Gasteiger partial charge < -0.3 is 20.4 Å². The zero-order valence-electron chi connectivity index (χ0n) is 20.5. The summed E-state index contributed by atoms with van der Waals surface area (Å²) in [5.74, 6) is 1.44. The van der Waals surface area contributed by atoms with E-state index in [0.29, 0.717) is 26.2 Å². The first-order chi connectivity index (χ1) is 18.1. The van der Waals surface area contributed by atoms with Gasteiger partial charge in [-0.3, -0.25) is 4.79 Å². The van der Waals surface area contributed by atoms with Crippen LogP contribution in [0.2, 0.25) is 0 Å². The molecule has 5 heterocycles. The monoisotopic (exact) mass is 500 g/mol. The number of imidazole rings is 1. The van der Waals surface area contributed by atoms with E-state index in [9.17, 15) is 9.18 Å². The van der Waals surface area contributed by atoms with E-state index in [1.807, 2.05) is 40.9 Å². The number of aromatic nitrogens is 4. The summed E-state index contributed by atoms with van der Waals surface area (Å²) in [5, 5.41) is 4.95. The Morgan fingerprint density at radius 2 is 1.84 bits per heavy atom. The first kappa shape index (κ1) is 23.4. The normalized spacial score (nSPS) is 18.1. The predicted octanol–water partition coefficient (Wildman–Crippen LogP) is 2.88. The SMILES string of the molecule is NCC(=O)N1CCN(c2cccc(-c3cnc4ccc(N5CCCC5c5cccc(F)c5)nn34)n2)CC1. The van der Waals surface area contributed by atoms with Crippen LogP contribution in [0.25, 0.3) is 17.0 Å². The van der Waals surface area contributed by atoms with Gasteiger partial charge in [0.1, 0.15) is 23.1 Å². The molecule has 4 aromatic rings. The molecule has 3 aromatic heterocycles. The molecular weight excluding hydrogens is 471 g/mol. The van der Waals surface area contributed by atoms with Crippen LogP contribution >= 0.6 is 0 Å². The summed E-state index contributed by atoms with van der Waals surface area (Å²) in [4.78, 5) is 27.6. The van der Waals surface area contributed by atoms with Gasteiger partial charge in [0.25, 0.3) is 0 Å². The van der Waals surface area contributed by atoms with Crippen LogP contribution in [-0.4, -0.2) is 69.7 Å². The van der Waals surface area contributed by atoms with Crippen LogP contribution in [-0.2, 0) is 4.79 Å². The highest BCUT2D eigenvalue weighted by molar-refractivity contribution is 5.78. The number of amides is 1. The summed E-state index contributed by atoms with van der Waals surface area (Å²) < 4.78 is 15.7. The number of halogens is 1. The van der Waals surface area contributed by atoms with Gasteiger partial charge in [-0.25, -0.2) is 18.9 Å². The lowest BCUT2D eigenvalue weighted by atomic mass is 10.0. The molecule has 1 unspecified atom stereocenters. The standard InChI is InChI=1S/C27H29FN8O/c28-20-5-1-4-19(16-20)22-7-3-11-35(22)26-10-9-24-30-18-23(36(24)32-26)21-6-2-8-25(31-21)33-12-14-34(15-13-33)27(37)17-29/h1-2,4-6,8-10,16,18,22H,3,7,11-15,17,29H2. The number of pyridine rings is 1.